The first-order chi connectivity index (χ1) is 8.97. The van der Waals surface area contributed by atoms with Crippen molar-refractivity contribution < 1.29 is 34.4 Å². The van der Waals surface area contributed by atoms with Crippen molar-refractivity contribution in [2.24, 2.45) is 0 Å². The molecule has 0 amide bonds. The molecule has 0 aromatic rings. The summed E-state index contributed by atoms with van der Waals surface area (Å²) in [5.74, 6) is -1.96. The Morgan fingerprint density at radius 3 is 1.89 bits per heavy atom. The van der Waals surface area contributed by atoms with E-state index in [1.807, 2.05) is 0 Å². The number of aliphatic carboxylic acids is 2. The van der Waals surface area contributed by atoms with E-state index in [4.69, 9.17) is 24.8 Å². The van der Waals surface area contributed by atoms with Crippen molar-refractivity contribution in [3.05, 3.63) is 25.3 Å². The lowest BCUT2D eigenvalue weighted by molar-refractivity contribution is -0.132. The van der Waals surface area contributed by atoms with E-state index in [-0.39, 0.29) is 12.7 Å². The quantitative estimate of drug-likeness (QED) is 0.633. The Labute approximate surface area is 111 Å². The Morgan fingerprint density at radius 2 is 1.63 bits per heavy atom. The molecule has 1 saturated heterocycles. The number of ether oxygens (including phenoxy) is 2. The molecule has 0 radical (unpaired) electrons. The van der Waals surface area contributed by atoms with Crippen LogP contribution < -0.4 is 0 Å². The van der Waals surface area contributed by atoms with E-state index in [1.165, 1.54) is 0 Å². The number of rotatable bonds is 4. The van der Waals surface area contributed by atoms with Crippen LogP contribution in [0.5, 0.6) is 0 Å². The number of hydrogen-bond donors (Lipinski definition) is 3. The monoisotopic (exact) mass is 276 g/mol. The van der Waals surface area contributed by atoms with Gasteiger partial charge in [-0.05, 0) is 6.42 Å². The maximum absolute atomic E-state index is 9.25. The van der Waals surface area contributed by atoms with E-state index in [9.17, 15) is 9.59 Å². The van der Waals surface area contributed by atoms with Gasteiger partial charge in [-0.15, -0.1) is 0 Å². The van der Waals surface area contributed by atoms with Gasteiger partial charge >= 0.3 is 11.9 Å². The third kappa shape index (κ3) is 18.8. The molecule has 0 aromatic carbocycles. The fraction of sp³-hybridized carbons (Fsp3) is 0.500. The van der Waals surface area contributed by atoms with Crippen LogP contribution in [0, 0.1) is 0 Å². The lowest BCUT2D eigenvalue weighted by atomic mass is 10.3. The van der Waals surface area contributed by atoms with E-state index in [0.717, 1.165) is 12.2 Å². The van der Waals surface area contributed by atoms with Crippen molar-refractivity contribution in [3.8, 4) is 0 Å². The van der Waals surface area contributed by atoms with Crippen LogP contribution in [0.25, 0.3) is 0 Å². The van der Waals surface area contributed by atoms with Gasteiger partial charge in [-0.3, -0.25) is 0 Å². The maximum Gasteiger partial charge on any atom is 0.327 e. The Balaban J connectivity index is 0. The molecule has 0 saturated carbocycles. The van der Waals surface area contributed by atoms with E-state index in [2.05, 4.69) is 13.2 Å². The Kier molecular flexibility index (Phi) is 14.8. The van der Waals surface area contributed by atoms with Crippen molar-refractivity contribution in [1.29, 1.82) is 0 Å². The average molecular weight is 276 g/mol. The molecular weight excluding hydrogens is 256 g/mol. The highest BCUT2D eigenvalue weighted by Crippen LogP contribution is 2.03. The van der Waals surface area contributed by atoms with Crippen molar-refractivity contribution in [1.82, 2.24) is 0 Å². The second-order valence-corrected chi connectivity index (χ2v) is 3.16. The summed E-state index contributed by atoms with van der Waals surface area (Å²) in [6.07, 6.45) is 2.49. The van der Waals surface area contributed by atoms with Crippen LogP contribution in [0.3, 0.4) is 0 Å². The molecule has 0 spiro atoms. The summed E-state index contributed by atoms with van der Waals surface area (Å²) in [6.45, 7) is 8.12. The minimum Gasteiger partial charge on any atom is -0.478 e. The summed E-state index contributed by atoms with van der Waals surface area (Å²) in [6, 6.07) is 0. The third-order valence-electron chi connectivity index (χ3n) is 1.69. The minimum absolute atomic E-state index is 0.128. The van der Waals surface area contributed by atoms with Gasteiger partial charge in [-0.2, -0.15) is 0 Å². The Bertz CT molecular complexity index is 248. The molecule has 19 heavy (non-hydrogen) atoms. The van der Waals surface area contributed by atoms with Crippen LogP contribution in [0.15, 0.2) is 25.3 Å². The molecule has 1 aliphatic rings. The summed E-state index contributed by atoms with van der Waals surface area (Å²) < 4.78 is 10.3. The van der Waals surface area contributed by atoms with Crippen molar-refractivity contribution in [2.45, 2.75) is 12.5 Å². The predicted molar refractivity (Wildman–Crippen MR) is 67.9 cm³/mol. The largest absolute Gasteiger partial charge is 0.478 e. The number of aliphatic hydroxyl groups excluding tert-OH is 1. The van der Waals surface area contributed by atoms with Crippen molar-refractivity contribution in [2.75, 3.05) is 26.4 Å². The molecule has 1 fully saturated rings. The van der Waals surface area contributed by atoms with Gasteiger partial charge in [0.25, 0.3) is 0 Å². The predicted octanol–water partition coefficient (Wildman–Crippen LogP) is 0.298. The van der Waals surface area contributed by atoms with Crippen LogP contribution in [-0.4, -0.2) is 59.8 Å². The van der Waals surface area contributed by atoms with E-state index >= 15 is 0 Å². The average Bonchev–Trinajstić information content (AvgIpc) is 2.41. The molecule has 1 unspecified atom stereocenters. The third-order valence-corrected chi connectivity index (χ3v) is 1.69. The highest BCUT2D eigenvalue weighted by atomic mass is 16.6. The van der Waals surface area contributed by atoms with Crippen LogP contribution in [0.4, 0.5) is 0 Å². The van der Waals surface area contributed by atoms with Crippen LogP contribution in [0.1, 0.15) is 6.42 Å². The smallest absolute Gasteiger partial charge is 0.327 e. The lowest BCUT2D eigenvalue weighted by Crippen LogP contribution is -2.29. The number of carboxylic acid groups (broad SMARTS) is 2. The van der Waals surface area contributed by atoms with Crippen molar-refractivity contribution in [3.63, 3.8) is 0 Å². The molecular formula is C12H20O7. The van der Waals surface area contributed by atoms with Crippen LogP contribution in [-0.2, 0) is 19.1 Å². The zero-order valence-corrected chi connectivity index (χ0v) is 10.7. The standard InChI is InChI=1S/C6H12O3.2C3H4O2/c7-2-1-6-5-8-3-4-9-6;2*1-2-3(4)5/h6-7H,1-5H2;2*2H,1H2,(H,4,5). The molecule has 0 bridgehead atoms. The number of hydrogen-bond acceptors (Lipinski definition) is 5. The minimum atomic E-state index is -0.981. The highest BCUT2D eigenvalue weighted by molar-refractivity contribution is 5.79. The zero-order valence-electron chi connectivity index (χ0n) is 10.7. The van der Waals surface area contributed by atoms with Gasteiger partial charge in [0.05, 0.1) is 25.9 Å². The summed E-state index contributed by atoms with van der Waals surface area (Å²) in [5.41, 5.74) is 0. The molecule has 3 N–H and O–H groups in total. The Hall–Kier alpha value is -1.70. The van der Waals surface area contributed by atoms with Gasteiger partial charge in [0.15, 0.2) is 0 Å². The number of carbonyl (C=O) groups is 2. The first kappa shape index (κ1) is 19.6. The summed E-state index contributed by atoms with van der Waals surface area (Å²) in [4.78, 5) is 18.5. The van der Waals surface area contributed by atoms with Crippen LogP contribution >= 0.6 is 0 Å². The molecule has 1 heterocycles. The van der Waals surface area contributed by atoms with Gasteiger partial charge in [0.2, 0.25) is 0 Å². The first-order valence-electron chi connectivity index (χ1n) is 5.48. The summed E-state index contributed by atoms with van der Waals surface area (Å²) in [7, 11) is 0. The molecule has 1 rings (SSSR count). The van der Waals surface area contributed by atoms with Crippen molar-refractivity contribution >= 4 is 11.9 Å². The number of carboxylic acids is 2. The van der Waals surface area contributed by atoms with Gasteiger partial charge < -0.3 is 24.8 Å². The second kappa shape index (κ2) is 14.4. The number of aliphatic hydroxyl groups is 1. The second-order valence-electron chi connectivity index (χ2n) is 3.16. The fourth-order valence-corrected chi connectivity index (χ4v) is 0.847. The molecule has 0 aromatic heterocycles. The lowest BCUT2D eigenvalue weighted by Gasteiger charge is -2.21. The van der Waals surface area contributed by atoms with E-state index < -0.39 is 11.9 Å². The molecule has 0 aliphatic carbocycles. The van der Waals surface area contributed by atoms with Gasteiger partial charge in [0.1, 0.15) is 0 Å². The first-order valence-corrected chi connectivity index (χ1v) is 5.48. The fourth-order valence-electron chi connectivity index (χ4n) is 0.847. The maximum atomic E-state index is 9.25. The summed E-state index contributed by atoms with van der Waals surface area (Å²) in [5, 5.41) is 23.7. The van der Waals surface area contributed by atoms with E-state index in [0.29, 0.717) is 26.2 Å². The van der Waals surface area contributed by atoms with Gasteiger partial charge in [-0.25, -0.2) is 9.59 Å². The van der Waals surface area contributed by atoms with Crippen LogP contribution in [0.2, 0.25) is 0 Å². The van der Waals surface area contributed by atoms with Gasteiger partial charge in [-0.1, -0.05) is 13.2 Å². The Morgan fingerprint density at radius 1 is 1.16 bits per heavy atom. The van der Waals surface area contributed by atoms with E-state index in [1.54, 1.807) is 0 Å². The van der Waals surface area contributed by atoms with Gasteiger partial charge in [0, 0.05) is 18.8 Å². The highest BCUT2D eigenvalue weighted by Gasteiger charge is 2.12. The molecule has 1 atom stereocenters. The zero-order chi connectivity index (χ0) is 15.1. The SMILES string of the molecule is C=CC(=O)O.C=CC(=O)O.OCCC1COCCO1. The molecule has 1 aliphatic heterocycles. The molecule has 7 nitrogen and oxygen atoms in total. The molecule has 7 heteroatoms. The summed E-state index contributed by atoms with van der Waals surface area (Å²) >= 11 is 0. The topological polar surface area (TPSA) is 113 Å². The normalized spacial score (nSPS) is 16.8. The molecule has 110 valence electrons.